The van der Waals surface area contributed by atoms with Crippen molar-refractivity contribution in [3.8, 4) is 0 Å². The fraction of sp³-hybridized carbons (Fsp3) is 0.667. The van der Waals surface area contributed by atoms with Gasteiger partial charge in [0.1, 0.15) is 0 Å². The monoisotopic (exact) mass is 217 g/mol. The Bertz CT molecular complexity index is 270. The zero-order chi connectivity index (χ0) is 9.10. The van der Waals surface area contributed by atoms with Crippen molar-refractivity contribution in [1.82, 2.24) is 4.98 Å². The van der Waals surface area contributed by atoms with Gasteiger partial charge in [-0.1, -0.05) is 0 Å². The molecule has 1 atom stereocenters. The zero-order valence-corrected chi connectivity index (χ0v) is 8.90. The van der Waals surface area contributed by atoms with Crippen LogP contribution in [0, 0.1) is 0 Å². The molecule has 1 aliphatic heterocycles. The summed E-state index contributed by atoms with van der Waals surface area (Å²) in [6.07, 6.45) is 4.23. The highest BCUT2D eigenvalue weighted by molar-refractivity contribution is 7.11. The Morgan fingerprint density at radius 3 is 3.23 bits per heavy atom. The van der Waals surface area contributed by atoms with Crippen molar-refractivity contribution < 1.29 is 4.74 Å². The van der Waals surface area contributed by atoms with Crippen LogP contribution in [0.3, 0.4) is 0 Å². The van der Waals surface area contributed by atoms with E-state index in [1.165, 1.54) is 11.4 Å². The van der Waals surface area contributed by atoms with Crippen LogP contribution in [0.2, 0.25) is 0 Å². The second kappa shape index (κ2) is 4.40. The second-order valence-corrected chi connectivity index (χ2v) is 4.63. The third-order valence-electron chi connectivity index (χ3n) is 2.21. The molecule has 0 amide bonds. The summed E-state index contributed by atoms with van der Waals surface area (Å²) in [5.74, 6) is 1.08. The Balaban J connectivity index is 2.05. The molecule has 1 saturated heterocycles. The molecule has 0 aromatic carbocycles. The summed E-state index contributed by atoms with van der Waals surface area (Å²) in [4.78, 5) is 5.52. The average molecular weight is 218 g/mol. The fourth-order valence-electron chi connectivity index (χ4n) is 1.51. The van der Waals surface area contributed by atoms with E-state index in [2.05, 4.69) is 4.98 Å². The lowest BCUT2D eigenvalue weighted by Crippen LogP contribution is -2.15. The van der Waals surface area contributed by atoms with E-state index in [1.807, 2.05) is 6.20 Å². The van der Waals surface area contributed by atoms with Gasteiger partial charge >= 0.3 is 0 Å². The van der Waals surface area contributed by atoms with Crippen molar-refractivity contribution >= 4 is 22.9 Å². The summed E-state index contributed by atoms with van der Waals surface area (Å²) in [5, 5.41) is 1.19. The Hall–Kier alpha value is -0.120. The number of thiazole rings is 1. The number of aromatic nitrogens is 1. The van der Waals surface area contributed by atoms with Gasteiger partial charge in [0.05, 0.1) is 17.5 Å². The van der Waals surface area contributed by atoms with E-state index < -0.39 is 0 Å². The molecule has 1 aliphatic rings. The van der Waals surface area contributed by atoms with Crippen molar-refractivity contribution in [2.75, 3.05) is 13.2 Å². The number of alkyl halides is 1. The molecule has 2 heterocycles. The lowest BCUT2D eigenvalue weighted by atomic mass is 10.0. The largest absolute Gasteiger partial charge is 0.381 e. The van der Waals surface area contributed by atoms with Gasteiger partial charge in [0.15, 0.2) is 0 Å². The van der Waals surface area contributed by atoms with Crippen LogP contribution >= 0.6 is 22.9 Å². The Labute approximate surface area is 86.9 Å². The molecule has 0 spiro atoms. The third-order valence-corrected chi connectivity index (χ3v) is 3.82. The minimum absolute atomic E-state index is 0.510. The molecule has 1 unspecified atom stereocenters. The molecule has 0 N–H and O–H groups in total. The highest BCUT2D eigenvalue weighted by atomic mass is 35.5. The predicted octanol–water partition coefficient (Wildman–Crippen LogP) is 2.78. The molecular formula is C9H12ClNOS. The topological polar surface area (TPSA) is 22.1 Å². The van der Waals surface area contributed by atoms with Crippen molar-refractivity contribution in [2.45, 2.75) is 24.6 Å². The zero-order valence-electron chi connectivity index (χ0n) is 7.33. The summed E-state index contributed by atoms with van der Waals surface area (Å²) >= 11 is 7.43. The summed E-state index contributed by atoms with van der Waals surface area (Å²) in [7, 11) is 0. The molecule has 0 bridgehead atoms. The highest BCUT2D eigenvalue weighted by Gasteiger charge is 2.18. The minimum Gasteiger partial charge on any atom is -0.381 e. The summed E-state index contributed by atoms with van der Waals surface area (Å²) in [6, 6.07) is 0. The molecular weight excluding hydrogens is 206 g/mol. The number of nitrogens with zero attached hydrogens (tertiary/aromatic N) is 1. The van der Waals surface area contributed by atoms with Gasteiger partial charge in [-0.05, 0) is 12.8 Å². The van der Waals surface area contributed by atoms with Crippen LogP contribution in [-0.4, -0.2) is 18.2 Å². The summed E-state index contributed by atoms with van der Waals surface area (Å²) < 4.78 is 5.41. The van der Waals surface area contributed by atoms with Crippen LogP contribution in [0.25, 0.3) is 0 Å². The van der Waals surface area contributed by atoms with Gasteiger partial charge in [-0.15, -0.1) is 22.9 Å². The lowest BCUT2D eigenvalue weighted by molar-refractivity contribution is 0.0804. The first kappa shape index (κ1) is 9.44. The Morgan fingerprint density at radius 1 is 1.69 bits per heavy atom. The first-order valence-electron chi connectivity index (χ1n) is 4.48. The van der Waals surface area contributed by atoms with Crippen LogP contribution in [0.4, 0.5) is 0 Å². The van der Waals surface area contributed by atoms with E-state index in [4.69, 9.17) is 16.3 Å². The third kappa shape index (κ3) is 2.22. The van der Waals surface area contributed by atoms with Gasteiger partial charge in [-0.25, -0.2) is 4.98 Å². The van der Waals surface area contributed by atoms with Crippen LogP contribution in [0.1, 0.15) is 28.6 Å². The Morgan fingerprint density at radius 2 is 2.62 bits per heavy atom. The molecule has 0 aliphatic carbocycles. The normalized spacial score (nSPS) is 23.3. The molecule has 2 nitrogen and oxygen atoms in total. The Kier molecular flexibility index (Phi) is 3.19. The first-order chi connectivity index (χ1) is 6.40. The minimum atomic E-state index is 0.510. The van der Waals surface area contributed by atoms with E-state index in [0.717, 1.165) is 24.5 Å². The number of halogens is 1. The van der Waals surface area contributed by atoms with Gasteiger partial charge in [-0.3, -0.25) is 0 Å². The van der Waals surface area contributed by atoms with Crippen molar-refractivity contribution in [2.24, 2.45) is 0 Å². The number of rotatable bonds is 2. The predicted molar refractivity (Wildman–Crippen MR) is 54.5 cm³/mol. The summed E-state index contributed by atoms with van der Waals surface area (Å²) in [6.45, 7) is 1.74. The van der Waals surface area contributed by atoms with Crippen LogP contribution < -0.4 is 0 Å². The molecule has 0 radical (unpaired) electrons. The number of ether oxygens (including phenoxy) is 1. The molecule has 1 aromatic heterocycles. The highest BCUT2D eigenvalue weighted by Crippen LogP contribution is 2.29. The van der Waals surface area contributed by atoms with E-state index in [0.29, 0.717) is 11.8 Å². The smallest absolute Gasteiger partial charge is 0.0982 e. The molecule has 2 rings (SSSR count). The maximum Gasteiger partial charge on any atom is 0.0982 e. The van der Waals surface area contributed by atoms with Crippen LogP contribution in [0.15, 0.2) is 6.20 Å². The molecule has 13 heavy (non-hydrogen) atoms. The van der Waals surface area contributed by atoms with E-state index in [-0.39, 0.29) is 0 Å². The van der Waals surface area contributed by atoms with Gasteiger partial charge in [0, 0.05) is 23.6 Å². The van der Waals surface area contributed by atoms with Gasteiger partial charge in [-0.2, -0.15) is 0 Å². The average Bonchev–Trinajstić information content (AvgIpc) is 2.67. The van der Waals surface area contributed by atoms with Gasteiger partial charge in [0.2, 0.25) is 0 Å². The lowest BCUT2D eigenvalue weighted by Gasteiger charge is -2.19. The quantitative estimate of drug-likeness (QED) is 0.711. The fourth-order valence-corrected chi connectivity index (χ4v) is 2.63. The molecule has 0 saturated carbocycles. The van der Waals surface area contributed by atoms with Crippen molar-refractivity contribution in [3.05, 3.63) is 16.1 Å². The molecule has 72 valence electrons. The molecule has 1 fully saturated rings. The van der Waals surface area contributed by atoms with Gasteiger partial charge in [0.25, 0.3) is 0 Å². The van der Waals surface area contributed by atoms with E-state index >= 15 is 0 Å². The van der Waals surface area contributed by atoms with Crippen molar-refractivity contribution in [1.29, 1.82) is 0 Å². The van der Waals surface area contributed by atoms with Crippen LogP contribution in [-0.2, 0) is 10.6 Å². The van der Waals surface area contributed by atoms with Crippen molar-refractivity contribution in [3.63, 3.8) is 0 Å². The van der Waals surface area contributed by atoms with Crippen LogP contribution in [0.5, 0.6) is 0 Å². The van der Waals surface area contributed by atoms with E-state index in [9.17, 15) is 0 Å². The van der Waals surface area contributed by atoms with Gasteiger partial charge < -0.3 is 4.74 Å². The maximum absolute atomic E-state index is 5.72. The summed E-state index contributed by atoms with van der Waals surface area (Å²) in [5.41, 5.74) is 0. The standard InChI is InChI=1S/C9H12ClNOS/c10-4-8-5-11-9(13-8)7-2-1-3-12-6-7/h5,7H,1-4,6H2. The first-order valence-corrected chi connectivity index (χ1v) is 5.83. The number of hydrogen-bond acceptors (Lipinski definition) is 3. The number of hydrogen-bond donors (Lipinski definition) is 0. The maximum atomic E-state index is 5.72. The van der Waals surface area contributed by atoms with E-state index in [1.54, 1.807) is 11.3 Å². The molecule has 1 aromatic rings. The molecule has 4 heteroatoms. The SMILES string of the molecule is ClCc1cnc(C2CCCOC2)s1. The second-order valence-electron chi connectivity index (χ2n) is 3.21.